The Hall–Kier alpha value is -2.82. The van der Waals surface area contributed by atoms with Gasteiger partial charge in [0.1, 0.15) is 12.6 Å². The van der Waals surface area contributed by atoms with E-state index >= 15 is 0 Å². The summed E-state index contributed by atoms with van der Waals surface area (Å²) >= 11 is 0. The number of ether oxygens (including phenoxy) is 2. The lowest BCUT2D eigenvalue weighted by Gasteiger charge is -2.20. The van der Waals surface area contributed by atoms with E-state index in [-0.39, 0.29) is 19.4 Å². The molecule has 0 heterocycles. The van der Waals surface area contributed by atoms with Crippen molar-refractivity contribution in [2.24, 2.45) is 5.73 Å². The highest BCUT2D eigenvalue weighted by molar-refractivity contribution is 7.47. The molecule has 322 valence electrons. The van der Waals surface area contributed by atoms with Crippen molar-refractivity contribution < 1.29 is 47.5 Å². The van der Waals surface area contributed by atoms with E-state index in [2.05, 4.69) is 42.7 Å². The van der Waals surface area contributed by atoms with Gasteiger partial charge in [0, 0.05) is 12.8 Å². The molecule has 1 unspecified atom stereocenters. The highest BCUT2D eigenvalue weighted by Gasteiger charge is 2.28. The van der Waals surface area contributed by atoms with Crippen molar-refractivity contribution in [2.45, 2.75) is 180 Å². The van der Waals surface area contributed by atoms with Crippen molar-refractivity contribution in [1.29, 1.82) is 0 Å². The Morgan fingerprint density at radius 2 is 1.02 bits per heavy atom. The molecule has 0 radical (unpaired) electrons. The fourth-order valence-electron chi connectivity index (χ4n) is 5.48. The van der Waals surface area contributed by atoms with Crippen molar-refractivity contribution in [3.8, 4) is 0 Å². The van der Waals surface area contributed by atoms with Crippen LogP contribution in [0.1, 0.15) is 168 Å². The summed E-state index contributed by atoms with van der Waals surface area (Å²) in [5.74, 6) is -2.42. The molecule has 12 heteroatoms. The molecule has 0 bridgehead atoms. The van der Waals surface area contributed by atoms with Gasteiger partial charge in [0.2, 0.25) is 0 Å². The smallest absolute Gasteiger partial charge is 0.472 e. The number of carboxylic acids is 1. The molecule has 3 atom stereocenters. The normalized spacial score (nSPS) is 14.4. The molecule has 0 saturated carbocycles. The third-order valence-corrected chi connectivity index (χ3v) is 9.79. The van der Waals surface area contributed by atoms with Crippen LogP contribution < -0.4 is 5.73 Å². The predicted octanol–water partition coefficient (Wildman–Crippen LogP) is 11.2. The van der Waals surface area contributed by atoms with Gasteiger partial charge in [-0.25, -0.2) is 4.57 Å². The lowest BCUT2D eigenvalue weighted by atomic mass is 10.1. The number of hydrogen-bond donors (Lipinski definition) is 3. The average Bonchev–Trinajstić information content (AvgIpc) is 3.17. The van der Waals surface area contributed by atoms with Gasteiger partial charge in [-0.1, -0.05) is 158 Å². The number of allylic oxidation sites excluding steroid dienone is 10. The van der Waals surface area contributed by atoms with E-state index < -0.39 is 51.1 Å². The van der Waals surface area contributed by atoms with E-state index in [1.807, 2.05) is 36.5 Å². The summed E-state index contributed by atoms with van der Waals surface area (Å²) in [7, 11) is -4.72. The minimum absolute atomic E-state index is 0.132. The maximum atomic E-state index is 12.6. The third kappa shape index (κ3) is 38.1. The first kappa shape index (κ1) is 53.2. The largest absolute Gasteiger partial charge is 0.480 e. The molecule has 0 aromatic heterocycles. The first-order chi connectivity index (χ1) is 27.1. The Bertz CT molecular complexity index is 1180. The Morgan fingerprint density at radius 3 is 1.55 bits per heavy atom. The molecule has 0 aliphatic heterocycles. The Morgan fingerprint density at radius 1 is 0.571 bits per heavy atom. The molecule has 0 saturated heterocycles. The first-order valence-corrected chi connectivity index (χ1v) is 22.9. The molecule has 0 fully saturated rings. The van der Waals surface area contributed by atoms with Gasteiger partial charge in [0.25, 0.3) is 0 Å². The minimum atomic E-state index is -4.72. The Kier molecular flexibility index (Phi) is 37.1. The van der Waals surface area contributed by atoms with E-state index in [0.717, 1.165) is 57.8 Å². The SMILES string of the molecule is CC/C=C/C=C/C=C/C=C/CCCCCCCC(=O)O[C@H](COC(=O)CCCCCCCCCCC/C=C/CCCCCC)COP(=O)(O)OC[C@H](N)C(=O)O. The highest BCUT2D eigenvalue weighted by Crippen LogP contribution is 2.43. The van der Waals surface area contributed by atoms with Gasteiger partial charge < -0.3 is 25.2 Å². The molecule has 0 aromatic rings. The standard InChI is InChI=1S/C44H76NO10P/c1-3-5-7-9-11-13-15-17-19-20-22-23-25-27-29-31-33-35-42(46)52-37-40(38-53-56(50,51)54-39-41(45)44(48)49)55-43(47)36-34-32-30-28-26-24-21-18-16-14-12-10-8-6-4-2/h6,8,10,12-16,18,21,40-41H,3-5,7,9,11,17,19-20,22-39,45H2,1-2H3,(H,48,49)(H,50,51)/b8-6+,12-10+,15-13+,16-14+,21-18+/t40-,41+/m1/s1. The van der Waals surface area contributed by atoms with E-state index in [0.29, 0.717) is 12.8 Å². The van der Waals surface area contributed by atoms with Gasteiger partial charge >= 0.3 is 25.7 Å². The number of carbonyl (C=O) groups excluding carboxylic acids is 2. The van der Waals surface area contributed by atoms with Gasteiger partial charge in [-0.05, 0) is 57.8 Å². The number of nitrogens with two attached hydrogens (primary N) is 1. The molecule has 0 aromatic carbocycles. The first-order valence-electron chi connectivity index (χ1n) is 21.4. The van der Waals surface area contributed by atoms with E-state index in [4.69, 9.17) is 24.8 Å². The van der Waals surface area contributed by atoms with Gasteiger partial charge in [-0.3, -0.25) is 23.4 Å². The van der Waals surface area contributed by atoms with Crippen LogP contribution in [-0.2, 0) is 37.5 Å². The zero-order valence-electron chi connectivity index (χ0n) is 34.7. The summed E-state index contributed by atoms with van der Waals surface area (Å²) < 4.78 is 32.7. The summed E-state index contributed by atoms with van der Waals surface area (Å²) in [4.78, 5) is 45.9. The van der Waals surface area contributed by atoms with Crippen LogP contribution >= 0.6 is 7.82 Å². The topological polar surface area (TPSA) is 172 Å². The molecular weight excluding hydrogens is 733 g/mol. The highest BCUT2D eigenvalue weighted by atomic mass is 31.2. The zero-order chi connectivity index (χ0) is 41.4. The molecule has 4 N–H and O–H groups in total. The van der Waals surface area contributed by atoms with Crippen LogP contribution in [0, 0.1) is 0 Å². The molecule has 0 aliphatic carbocycles. The molecule has 0 spiro atoms. The fourth-order valence-corrected chi connectivity index (χ4v) is 6.26. The summed E-state index contributed by atoms with van der Waals surface area (Å²) in [6.45, 7) is 2.62. The lowest BCUT2D eigenvalue weighted by molar-refractivity contribution is -0.161. The van der Waals surface area contributed by atoms with Crippen molar-refractivity contribution in [3.63, 3.8) is 0 Å². The molecule has 0 aliphatic rings. The molecule has 56 heavy (non-hydrogen) atoms. The summed E-state index contributed by atoms with van der Waals surface area (Å²) in [6, 6.07) is -1.53. The number of hydrogen-bond acceptors (Lipinski definition) is 9. The minimum Gasteiger partial charge on any atom is -0.480 e. The summed E-state index contributed by atoms with van der Waals surface area (Å²) in [6.07, 6.45) is 44.2. The van der Waals surface area contributed by atoms with E-state index in [9.17, 15) is 23.8 Å². The number of carboxylic acid groups (broad SMARTS) is 1. The second-order valence-electron chi connectivity index (χ2n) is 14.2. The number of aliphatic carboxylic acids is 1. The van der Waals surface area contributed by atoms with Gasteiger partial charge in [0.05, 0.1) is 13.2 Å². The van der Waals surface area contributed by atoms with Gasteiger partial charge in [-0.2, -0.15) is 0 Å². The van der Waals surface area contributed by atoms with Gasteiger partial charge in [-0.15, -0.1) is 0 Å². The van der Waals surface area contributed by atoms with Crippen molar-refractivity contribution in [3.05, 3.63) is 60.8 Å². The lowest BCUT2D eigenvalue weighted by Crippen LogP contribution is -2.34. The van der Waals surface area contributed by atoms with Crippen LogP contribution in [0.5, 0.6) is 0 Å². The second kappa shape index (κ2) is 39.0. The number of phosphoric acid groups is 1. The van der Waals surface area contributed by atoms with Gasteiger partial charge in [0.15, 0.2) is 6.10 Å². The Balaban J connectivity index is 4.41. The van der Waals surface area contributed by atoms with Crippen LogP contribution in [0.3, 0.4) is 0 Å². The predicted molar refractivity (Wildman–Crippen MR) is 226 cm³/mol. The average molecular weight is 810 g/mol. The number of unbranched alkanes of at least 4 members (excludes halogenated alkanes) is 18. The number of esters is 2. The molecule has 0 rings (SSSR count). The zero-order valence-corrected chi connectivity index (χ0v) is 35.6. The maximum absolute atomic E-state index is 12.6. The quantitative estimate of drug-likeness (QED) is 0.0177. The number of rotatable bonds is 39. The monoisotopic (exact) mass is 810 g/mol. The maximum Gasteiger partial charge on any atom is 0.472 e. The summed E-state index contributed by atoms with van der Waals surface area (Å²) in [5, 5.41) is 8.88. The van der Waals surface area contributed by atoms with Crippen LogP contribution in [0.4, 0.5) is 0 Å². The third-order valence-electron chi connectivity index (χ3n) is 8.84. The van der Waals surface area contributed by atoms with Crippen LogP contribution in [-0.4, -0.2) is 59.9 Å². The fraction of sp³-hybridized carbons (Fsp3) is 0.705. The number of carbonyl (C=O) groups is 3. The van der Waals surface area contributed by atoms with Crippen LogP contribution in [0.2, 0.25) is 0 Å². The number of phosphoric ester groups is 1. The van der Waals surface area contributed by atoms with E-state index in [1.54, 1.807) is 0 Å². The van der Waals surface area contributed by atoms with Crippen LogP contribution in [0.25, 0.3) is 0 Å². The molecular formula is C44H76NO10P. The Labute approximate surface area is 338 Å². The van der Waals surface area contributed by atoms with Crippen molar-refractivity contribution in [2.75, 3.05) is 19.8 Å². The van der Waals surface area contributed by atoms with Crippen molar-refractivity contribution >= 4 is 25.7 Å². The summed E-state index contributed by atoms with van der Waals surface area (Å²) in [5.41, 5.74) is 5.33. The molecule has 11 nitrogen and oxygen atoms in total. The second-order valence-corrected chi connectivity index (χ2v) is 15.6. The van der Waals surface area contributed by atoms with Crippen LogP contribution in [0.15, 0.2) is 60.8 Å². The van der Waals surface area contributed by atoms with Crippen molar-refractivity contribution in [1.82, 2.24) is 0 Å². The van der Waals surface area contributed by atoms with E-state index in [1.165, 1.54) is 70.6 Å². The molecule has 0 amide bonds.